The summed E-state index contributed by atoms with van der Waals surface area (Å²) in [7, 11) is 1.34. The number of hydrogen-bond donors (Lipinski definition) is 0. The van der Waals surface area contributed by atoms with Gasteiger partial charge in [-0.15, -0.1) is 21.5 Å². The number of thiophene rings is 1. The van der Waals surface area contributed by atoms with Crippen molar-refractivity contribution in [1.29, 1.82) is 0 Å². The van der Waals surface area contributed by atoms with Crippen LogP contribution in [0, 0.1) is 17.0 Å². The average molecular weight is 421 g/mol. The molecule has 0 radical (unpaired) electrons. The first-order valence-corrected chi connectivity index (χ1v) is 9.81. The molecular formula is C19H15N7O3S. The first-order chi connectivity index (χ1) is 14.5. The number of rotatable bonds is 5. The zero-order chi connectivity index (χ0) is 20.8. The van der Waals surface area contributed by atoms with Gasteiger partial charge in [-0.05, 0) is 12.5 Å². The van der Waals surface area contributed by atoms with Crippen molar-refractivity contribution in [2.45, 2.75) is 13.5 Å². The van der Waals surface area contributed by atoms with Crippen molar-refractivity contribution in [3.05, 3.63) is 63.7 Å². The number of ether oxygens (including phenoxy) is 1. The number of nitro groups is 1. The Morgan fingerprint density at radius 3 is 2.73 bits per heavy atom. The van der Waals surface area contributed by atoms with Crippen LogP contribution in [0.5, 0.6) is 5.88 Å². The zero-order valence-corrected chi connectivity index (χ0v) is 16.8. The van der Waals surface area contributed by atoms with Gasteiger partial charge in [-0.2, -0.15) is 0 Å². The number of aromatic nitrogens is 6. The van der Waals surface area contributed by atoms with E-state index >= 15 is 0 Å². The molecule has 0 fully saturated rings. The van der Waals surface area contributed by atoms with E-state index in [0.717, 1.165) is 26.2 Å². The summed E-state index contributed by atoms with van der Waals surface area (Å²) in [5.74, 6) is 0.417. The Labute approximate surface area is 173 Å². The van der Waals surface area contributed by atoms with Gasteiger partial charge in [0.05, 0.1) is 17.4 Å². The normalized spacial score (nSPS) is 11.4. The van der Waals surface area contributed by atoms with Gasteiger partial charge in [-0.1, -0.05) is 30.3 Å². The predicted molar refractivity (Wildman–Crippen MR) is 111 cm³/mol. The van der Waals surface area contributed by atoms with Crippen LogP contribution in [0.3, 0.4) is 0 Å². The lowest BCUT2D eigenvalue weighted by Crippen LogP contribution is -2.02. The van der Waals surface area contributed by atoms with Gasteiger partial charge in [0.2, 0.25) is 0 Å². The molecule has 0 saturated carbocycles. The highest BCUT2D eigenvalue weighted by molar-refractivity contribution is 7.19. The molecule has 4 heterocycles. The number of nitrogens with zero attached hydrogens (tertiary/aromatic N) is 7. The standard InChI is InChI=1S/C19H15N7O3S/c1-11-15(12-6-4-3-5-7-12)16-17-21-14(22-25(17)10-20-19(16)30-11)9-24-8-13(26(27)28)18(23-24)29-2/h3-8,10H,9H2,1-2H3. The Kier molecular flexibility index (Phi) is 4.17. The van der Waals surface area contributed by atoms with E-state index in [1.807, 2.05) is 18.2 Å². The molecule has 150 valence electrons. The average Bonchev–Trinajstić information content (AvgIpc) is 3.42. The highest BCUT2D eigenvalue weighted by Crippen LogP contribution is 2.38. The summed E-state index contributed by atoms with van der Waals surface area (Å²) in [5.41, 5.74) is 2.66. The smallest absolute Gasteiger partial charge is 0.350 e. The Morgan fingerprint density at radius 1 is 1.23 bits per heavy atom. The van der Waals surface area contributed by atoms with Crippen molar-refractivity contribution in [2.24, 2.45) is 0 Å². The van der Waals surface area contributed by atoms with Gasteiger partial charge in [0.25, 0.3) is 0 Å². The maximum atomic E-state index is 11.1. The lowest BCUT2D eigenvalue weighted by Gasteiger charge is -2.02. The fourth-order valence-electron chi connectivity index (χ4n) is 3.46. The SMILES string of the molecule is COc1nn(Cc2nc3c4c(-c5ccccc5)c(C)sc4ncn3n2)cc1[N+](=O)[O-]. The first-order valence-electron chi connectivity index (χ1n) is 8.99. The molecule has 0 aliphatic heterocycles. The van der Waals surface area contributed by atoms with Gasteiger partial charge in [0, 0.05) is 10.4 Å². The van der Waals surface area contributed by atoms with Crippen LogP contribution < -0.4 is 4.74 Å². The van der Waals surface area contributed by atoms with E-state index in [9.17, 15) is 10.1 Å². The molecule has 0 spiro atoms. The van der Waals surface area contributed by atoms with Crippen LogP contribution in [-0.4, -0.2) is 41.4 Å². The molecule has 10 nitrogen and oxygen atoms in total. The van der Waals surface area contributed by atoms with E-state index in [1.165, 1.54) is 18.0 Å². The van der Waals surface area contributed by atoms with Gasteiger partial charge in [0.15, 0.2) is 11.5 Å². The summed E-state index contributed by atoms with van der Waals surface area (Å²) in [5, 5.41) is 20.7. The van der Waals surface area contributed by atoms with Crippen LogP contribution in [0.25, 0.3) is 27.0 Å². The van der Waals surface area contributed by atoms with Crippen molar-refractivity contribution in [1.82, 2.24) is 29.4 Å². The molecule has 0 amide bonds. The molecule has 30 heavy (non-hydrogen) atoms. The number of methoxy groups -OCH3 is 1. The fraction of sp³-hybridized carbons (Fsp3) is 0.158. The van der Waals surface area contributed by atoms with Crippen LogP contribution in [0.1, 0.15) is 10.7 Å². The number of fused-ring (bicyclic) bond motifs is 3. The lowest BCUT2D eigenvalue weighted by atomic mass is 10.0. The van der Waals surface area contributed by atoms with E-state index in [1.54, 1.807) is 22.2 Å². The quantitative estimate of drug-likeness (QED) is 0.315. The van der Waals surface area contributed by atoms with E-state index < -0.39 is 4.92 Å². The summed E-state index contributed by atoms with van der Waals surface area (Å²) in [6.45, 7) is 2.23. The molecule has 0 unspecified atom stereocenters. The minimum absolute atomic E-state index is 0.0485. The molecule has 0 bridgehead atoms. The third-order valence-corrected chi connectivity index (χ3v) is 5.73. The van der Waals surface area contributed by atoms with Crippen molar-refractivity contribution in [2.75, 3.05) is 7.11 Å². The predicted octanol–water partition coefficient (Wildman–Crippen LogP) is 3.48. The van der Waals surface area contributed by atoms with Crippen molar-refractivity contribution in [3.8, 4) is 17.0 Å². The van der Waals surface area contributed by atoms with E-state index in [-0.39, 0.29) is 18.1 Å². The summed E-state index contributed by atoms with van der Waals surface area (Å²) in [6, 6.07) is 10.1. The molecule has 0 atom stereocenters. The molecule has 0 saturated heterocycles. The Balaban J connectivity index is 1.63. The topological polar surface area (TPSA) is 113 Å². The van der Waals surface area contributed by atoms with Gasteiger partial charge in [-0.3, -0.25) is 14.8 Å². The van der Waals surface area contributed by atoms with Crippen molar-refractivity contribution < 1.29 is 9.66 Å². The summed E-state index contributed by atoms with van der Waals surface area (Å²) < 4.78 is 8.01. The number of benzene rings is 1. The lowest BCUT2D eigenvalue weighted by molar-refractivity contribution is -0.385. The first kappa shape index (κ1) is 18.2. The van der Waals surface area contributed by atoms with Gasteiger partial charge < -0.3 is 4.74 Å². The summed E-state index contributed by atoms with van der Waals surface area (Å²) in [6.07, 6.45) is 2.94. The van der Waals surface area contributed by atoms with Crippen LogP contribution in [0.2, 0.25) is 0 Å². The minimum atomic E-state index is -0.535. The van der Waals surface area contributed by atoms with Crippen molar-refractivity contribution in [3.63, 3.8) is 0 Å². The third kappa shape index (κ3) is 2.87. The number of aryl methyl sites for hydroxylation is 1. The fourth-order valence-corrected chi connectivity index (χ4v) is 4.47. The van der Waals surface area contributed by atoms with Crippen LogP contribution in [0.15, 0.2) is 42.9 Å². The Bertz CT molecular complexity index is 1400. The van der Waals surface area contributed by atoms with Gasteiger partial charge in [-0.25, -0.2) is 14.5 Å². The summed E-state index contributed by atoms with van der Waals surface area (Å²) in [4.78, 5) is 21.9. The van der Waals surface area contributed by atoms with E-state index in [0.29, 0.717) is 11.5 Å². The summed E-state index contributed by atoms with van der Waals surface area (Å²) >= 11 is 1.61. The van der Waals surface area contributed by atoms with Crippen LogP contribution >= 0.6 is 11.3 Å². The van der Waals surface area contributed by atoms with Crippen LogP contribution in [-0.2, 0) is 6.54 Å². The monoisotopic (exact) mass is 421 g/mol. The third-order valence-electron chi connectivity index (χ3n) is 4.71. The van der Waals surface area contributed by atoms with Crippen molar-refractivity contribution >= 4 is 32.9 Å². The highest BCUT2D eigenvalue weighted by Gasteiger charge is 2.22. The molecule has 4 aromatic heterocycles. The molecule has 0 aliphatic carbocycles. The highest BCUT2D eigenvalue weighted by atomic mass is 32.1. The molecular weight excluding hydrogens is 406 g/mol. The molecule has 1 aromatic carbocycles. The second-order valence-corrected chi connectivity index (χ2v) is 7.80. The van der Waals surface area contributed by atoms with E-state index in [4.69, 9.17) is 9.72 Å². The molecule has 0 N–H and O–H groups in total. The Morgan fingerprint density at radius 2 is 2.03 bits per heavy atom. The number of hydrogen-bond acceptors (Lipinski definition) is 8. The second-order valence-electron chi connectivity index (χ2n) is 6.60. The molecule has 5 rings (SSSR count). The van der Waals surface area contributed by atoms with E-state index in [2.05, 4.69) is 34.2 Å². The largest absolute Gasteiger partial charge is 0.475 e. The molecule has 0 aliphatic rings. The molecule has 11 heteroatoms. The van der Waals surface area contributed by atoms with Gasteiger partial charge >= 0.3 is 11.6 Å². The second kappa shape index (κ2) is 6.88. The van der Waals surface area contributed by atoms with Crippen LogP contribution in [0.4, 0.5) is 5.69 Å². The maximum Gasteiger partial charge on any atom is 0.350 e. The maximum absolute atomic E-state index is 11.1. The van der Waals surface area contributed by atoms with Gasteiger partial charge in [0.1, 0.15) is 23.9 Å². The zero-order valence-electron chi connectivity index (χ0n) is 16.0. The minimum Gasteiger partial charge on any atom is -0.475 e. The Hall–Kier alpha value is -3.86. The molecule has 5 aromatic rings.